The van der Waals surface area contributed by atoms with Gasteiger partial charge in [0.1, 0.15) is 12.0 Å². The number of nitrogens with zero attached hydrogens (tertiary/aromatic N) is 2. The van der Waals surface area contributed by atoms with E-state index in [1.807, 2.05) is 0 Å². The molecular weight excluding hydrogens is 353 g/mol. The van der Waals surface area contributed by atoms with Crippen molar-refractivity contribution < 1.29 is 23.6 Å². The normalized spacial score (nSPS) is 10.6. The van der Waals surface area contributed by atoms with Gasteiger partial charge in [0.2, 0.25) is 0 Å². The summed E-state index contributed by atoms with van der Waals surface area (Å²) in [6, 6.07) is 1.10. The predicted molar refractivity (Wildman–Crippen MR) is 59.9 cm³/mol. The van der Waals surface area contributed by atoms with E-state index < -0.39 is 35.1 Å². The number of carbonyl (C=O) groups is 1. The van der Waals surface area contributed by atoms with Crippen LogP contribution >= 0.6 is 22.6 Å². The molecular formula is C8H5F2IN2O4. The number of aliphatic carboxylic acids is 1. The molecule has 0 aliphatic heterocycles. The summed E-state index contributed by atoms with van der Waals surface area (Å²) in [6.07, 6.45) is -3.59. The number of aromatic nitrogens is 1. The van der Waals surface area contributed by atoms with E-state index in [9.17, 15) is 23.7 Å². The Morgan fingerprint density at radius 1 is 1.65 bits per heavy atom. The fraction of sp³-hybridized carbons (Fsp3) is 0.250. The van der Waals surface area contributed by atoms with Crippen LogP contribution in [0.4, 0.5) is 14.6 Å². The molecule has 6 nitrogen and oxygen atoms in total. The Morgan fingerprint density at radius 2 is 2.24 bits per heavy atom. The van der Waals surface area contributed by atoms with Crippen molar-refractivity contribution in [1.29, 1.82) is 0 Å². The molecule has 0 amide bonds. The van der Waals surface area contributed by atoms with Gasteiger partial charge in [-0.25, -0.2) is 8.78 Å². The standard InChI is InChI=1S/C8H5F2IN2O4/c9-7(10)6-4(11)1-3(2-5(14)15)12-8(6)13(16)17/h1,7H,2H2,(H,14,15). The Morgan fingerprint density at radius 3 is 2.65 bits per heavy atom. The molecule has 0 bridgehead atoms. The smallest absolute Gasteiger partial charge is 0.373 e. The molecule has 0 saturated heterocycles. The molecule has 0 aliphatic rings. The summed E-state index contributed by atoms with van der Waals surface area (Å²) in [5.74, 6) is -2.24. The Balaban J connectivity index is 3.35. The summed E-state index contributed by atoms with van der Waals surface area (Å²) in [7, 11) is 0. The first kappa shape index (κ1) is 13.7. The fourth-order valence-electron chi connectivity index (χ4n) is 1.15. The highest BCUT2D eigenvalue weighted by molar-refractivity contribution is 14.1. The monoisotopic (exact) mass is 358 g/mol. The molecule has 0 atom stereocenters. The molecule has 0 aliphatic carbocycles. The van der Waals surface area contributed by atoms with Gasteiger partial charge in [-0.05, 0) is 38.6 Å². The summed E-state index contributed by atoms with van der Waals surface area (Å²) < 4.78 is 25.1. The van der Waals surface area contributed by atoms with Crippen molar-refractivity contribution in [3.63, 3.8) is 0 Å². The van der Waals surface area contributed by atoms with Crippen molar-refractivity contribution in [2.45, 2.75) is 12.8 Å². The molecule has 1 aromatic heterocycles. The molecule has 92 valence electrons. The molecule has 0 radical (unpaired) electrons. The van der Waals surface area contributed by atoms with Crippen molar-refractivity contribution in [3.05, 3.63) is 31.0 Å². The lowest BCUT2D eigenvalue weighted by Gasteiger charge is -2.04. The van der Waals surface area contributed by atoms with Crippen LogP contribution in [-0.4, -0.2) is 21.0 Å². The van der Waals surface area contributed by atoms with E-state index in [0.29, 0.717) is 0 Å². The minimum atomic E-state index is -3.03. The highest BCUT2D eigenvalue weighted by Gasteiger charge is 2.28. The van der Waals surface area contributed by atoms with Gasteiger partial charge >= 0.3 is 11.8 Å². The van der Waals surface area contributed by atoms with Crippen LogP contribution in [0.5, 0.6) is 0 Å². The second-order valence-corrected chi connectivity index (χ2v) is 4.12. The van der Waals surface area contributed by atoms with Gasteiger partial charge in [-0.1, -0.05) is 0 Å². The molecule has 0 aromatic carbocycles. The number of hydrogen-bond donors (Lipinski definition) is 1. The van der Waals surface area contributed by atoms with Crippen LogP contribution in [0.25, 0.3) is 0 Å². The Labute approximate surface area is 107 Å². The zero-order valence-corrected chi connectivity index (χ0v) is 10.2. The average Bonchev–Trinajstić information content (AvgIpc) is 2.14. The van der Waals surface area contributed by atoms with E-state index in [4.69, 9.17) is 5.11 Å². The fourth-order valence-corrected chi connectivity index (χ4v) is 1.98. The maximum atomic E-state index is 12.6. The minimum absolute atomic E-state index is 0.0736. The van der Waals surface area contributed by atoms with E-state index in [1.54, 1.807) is 0 Å². The number of carboxylic acids is 1. The van der Waals surface area contributed by atoms with E-state index >= 15 is 0 Å². The molecule has 0 fully saturated rings. The van der Waals surface area contributed by atoms with Crippen molar-refractivity contribution in [2.75, 3.05) is 0 Å². The Hall–Kier alpha value is -1.39. The van der Waals surface area contributed by atoms with Gasteiger partial charge in [-0.2, -0.15) is 0 Å². The second-order valence-electron chi connectivity index (χ2n) is 2.96. The Bertz CT molecular complexity index is 481. The lowest BCUT2D eigenvalue weighted by molar-refractivity contribution is -0.391. The van der Waals surface area contributed by atoms with Gasteiger partial charge in [0.25, 0.3) is 6.43 Å². The van der Waals surface area contributed by atoms with Gasteiger partial charge < -0.3 is 15.2 Å². The SMILES string of the molecule is O=C(O)Cc1cc(I)c(C(F)F)c([N+](=O)[O-])n1. The lowest BCUT2D eigenvalue weighted by Crippen LogP contribution is -2.08. The first-order chi connectivity index (χ1) is 7.82. The van der Waals surface area contributed by atoms with E-state index in [2.05, 4.69) is 4.98 Å². The van der Waals surface area contributed by atoms with Crippen molar-refractivity contribution in [3.8, 4) is 0 Å². The maximum absolute atomic E-state index is 12.6. The van der Waals surface area contributed by atoms with Crippen LogP contribution < -0.4 is 0 Å². The Kier molecular flexibility index (Phi) is 4.26. The van der Waals surface area contributed by atoms with Crippen LogP contribution in [-0.2, 0) is 11.2 Å². The third-order valence-electron chi connectivity index (χ3n) is 1.76. The summed E-state index contributed by atoms with van der Waals surface area (Å²) in [5, 5.41) is 19.1. The third-order valence-corrected chi connectivity index (χ3v) is 2.66. The quantitative estimate of drug-likeness (QED) is 0.506. The highest BCUT2D eigenvalue weighted by atomic mass is 127. The second kappa shape index (κ2) is 5.29. The van der Waals surface area contributed by atoms with Gasteiger partial charge in [-0.15, -0.1) is 0 Å². The molecule has 1 heterocycles. The van der Waals surface area contributed by atoms with E-state index in [0.717, 1.165) is 6.07 Å². The van der Waals surface area contributed by atoms with E-state index in [1.165, 1.54) is 22.6 Å². The highest BCUT2D eigenvalue weighted by Crippen LogP contribution is 2.32. The summed E-state index contributed by atoms with van der Waals surface area (Å²) in [4.78, 5) is 23.3. The molecule has 1 rings (SSSR count). The molecule has 0 spiro atoms. The summed E-state index contributed by atoms with van der Waals surface area (Å²) in [5.41, 5.74) is -0.914. The van der Waals surface area contributed by atoms with Crippen LogP contribution in [0.15, 0.2) is 6.07 Å². The average molecular weight is 358 g/mol. The largest absolute Gasteiger partial charge is 0.481 e. The molecule has 0 unspecified atom stereocenters. The maximum Gasteiger partial charge on any atom is 0.373 e. The lowest BCUT2D eigenvalue weighted by atomic mass is 10.2. The summed E-state index contributed by atoms with van der Waals surface area (Å²) >= 11 is 1.49. The van der Waals surface area contributed by atoms with E-state index in [-0.39, 0.29) is 9.26 Å². The van der Waals surface area contributed by atoms with Crippen molar-refractivity contribution in [1.82, 2.24) is 4.98 Å². The third kappa shape index (κ3) is 3.28. The number of halogens is 3. The molecule has 0 saturated carbocycles. The van der Waals surface area contributed by atoms with Gasteiger partial charge in [0, 0.05) is 3.57 Å². The number of alkyl halides is 2. The predicted octanol–water partition coefficient (Wildman–Crippen LogP) is 2.16. The summed E-state index contributed by atoms with van der Waals surface area (Å²) in [6.45, 7) is 0. The van der Waals surface area contributed by atoms with Gasteiger partial charge in [0.05, 0.1) is 0 Å². The van der Waals surface area contributed by atoms with Crippen LogP contribution in [0.1, 0.15) is 17.7 Å². The number of pyridine rings is 1. The van der Waals surface area contributed by atoms with Crippen LogP contribution in [0.3, 0.4) is 0 Å². The zero-order valence-electron chi connectivity index (χ0n) is 8.06. The number of rotatable bonds is 4. The van der Waals surface area contributed by atoms with Gasteiger partial charge in [-0.3, -0.25) is 4.79 Å². The number of hydrogen-bond acceptors (Lipinski definition) is 4. The van der Waals surface area contributed by atoms with Crippen LogP contribution in [0, 0.1) is 13.7 Å². The molecule has 17 heavy (non-hydrogen) atoms. The number of carboxylic acid groups (broad SMARTS) is 1. The molecule has 9 heteroatoms. The first-order valence-electron chi connectivity index (χ1n) is 4.16. The van der Waals surface area contributed by atoms with Crippen molar-refractivity contribution in [2.24, 2.45) is 0 Å². The minimum Gasteiger partial charge on any atom is -0.481 e. The molecule has 1 aromatic rings. The van der Waals surface area contributed by atoms with Crippen molar-refractivity contribution >= 4 is 34.4 Å². The number of nitro groups is 1. The van der Waals surface area contributed by atoms with Gasteiger partial charge in [0.15, 0.2) is 5.69 Å². The van der Waals surface area contributed by atoms with Crippen LogP contribution in [0.2, 0.25) is 0 Å². The molecule has 1 N–H and O–H groups in total. The first-order valence-corrected chi connectivity index (χ1v) is 5.24. The topological polar surface area (TPSA) is 93.3 Å². The zero-order chi connectivity index (χ0) is 13.2.